The smallest absolute Gasteiger partial charge is 0.225 e. The van der Waals surface area contributed by atoms with Gasteiger partial charge < -0.3 is 15.1 Å². The van der Waals surface area contributed by atoms with Crippen LogP contribution in [0.15, 0.2) is 28.7 Å². The Hall–Kier alpha value is -1.88. The number of nitrogens with one attached hydrogen (secondary N) is 2. The maximum absolute atomic E-state index is 13.1. The highest BCUT2D eigenvalue weighted by atomic mass is 19.1. The normalized spacial score (nSPS) is 20.2. The Balaban J connectivity index is 1.74. The summed E-state index contributed by atoms with van der Waals surface area (Å²) in [5, 5.41) is 6.83. The van der Waals surface area contributed by atoms with Crippen LogP contribution in [0.4, 0.5) is 4.39 Å². The SMILES string of the molecule is CC(NC(=O)[C@@H]1CCNC1)c1cc2cc(F)ccc2o1. The number of halogens is 1. The number of furan rings is 1. The molecule has 2 heterocycles. The molecule has 1 aliphatic heterocycles. The van der Waals surface area contributed by atoms with Crippen molar-refractivity contribution in [2.45, 2.75) is 19.4 Å². The van der Waals surface area contributed by atoms with Crippen molar-refractivity contribution in [2.75, 3.05) is 13.1 Å². The fourth-order valence-corrected chi connectivity index (χ4v) is 2.53. The van der Waals surface area contributed by atoms with Gasteiger partial charge in [0.25, 0.3) is 0 Å². The number of benzene rings is 1. The summed E-state index contributed by atoms with van der Waals surface area (Å²) in [6.07, 6.45) is 0.865. The number of rotatable bonds is 3. The van der Waals surface area contributed by atoms with Crippen LogP contribution >= 0.6 is 0 Å². The molecule has 2 aromatic rings. The van der Waals surface area contributed by atoms with Gasteiger partial charge >= 0.3 is 0 Å². The fraction of sp³-hybridized carbons (Fsp3) is 0.400. The van der Waals surface area contributed by atoms with E-state index in [0.717, 1.165) is 19.5 Å². The highest BCUT2D eigenvalue weighted by molar-refractivity contribution is 5.80. The molecule has 1 amide bonds. The van der Waals surface area contributed by atoms with Gasteiger partial charge in [-0.05, 0) is 44.2 Å². The Morgan fingerprint density at radius 3 is 3.10 bits per heavy atom. The zero-order valence-electron chi connectivity index (χ0n) is 11.3. The highest BCUT2D eigenvalue weighted by Crippen LogP contribution is 2.25. The molecular weight excluding hydrogens is 259 g/mol. The maximum atomic E-state index is 13.1. The largest absolute Gasteiger partial charge is 0.459 e. The van der Waals surface area contributed by atoms with Gasteiger partial charge in [-0.25, -0.2) is 4.39 Å². The lowest BCUT2D eigenvalue weighted by Crippen LogP contribution is -2.33. The molecular formula is C15H17FN2O2. The van der Waals surface area contributed by atoms with E-state index in [4.69, 9.17) is 4.42 Å². The lowest BCUT2D eigenvalue weighted by Gasteiger charge is -2.14. The molecule has 4 nitrogen and oxygen atoms in total. The van der Waals surface area contributed by atoms with Crippen LogP contribution in [0.1, 0.15) is 25.1 Å². The third-order valence-corrected chi connectivity index (χ3v) is 3.71. The molecule has 0 aliphatic carbocycles. The minimum absolute atomic E-state index is 0.0271. The molecule has 0 radical (unpaired) electrons. The number of hydrogen-bond donors (Lipinski definition) is 2. The number of amides is 1. The third-order valence-electron chi connectivity index (χ3n) is 3.71. The summed E-state index contributed by atoms with van der Waals surface area (Å²) in [4.78, 5) is 12.0. The van der Waals surface area contributed by atoms with Crippen molar-refractivity contribution >= 4 is 16.9 Å². The van der Waals surface area contributed by atoms with Crippen molar-refractivity contribution in [1.29, 1.82) is 0 Å². The number of carbonyl (C=O) groups excluding carboxylic acids is 1. The zero-order chi connectivity index (χ0) is 14.1. The molecule has 2 N–H and O–H groups in total. The third kappa shape index (κ3) is 2.54. The molecule has 1 aromatic heterocycles. The summed E-state index contributed by atoms with van der Waals surface area (Å²) in [5.41, 5.74) is 0.630. The van der Waals surface area contributed by atoms with Crippen molar-refractivity contribution < 1.29 is 13.6 Å². The van der Waals surface area contributed by atoms with Gasteiger partial charge in [0, 0.05) is 11.9 Å². The first kappa shape index (κ1) is 13.1. The van der Waals surface area contributed by atoms with E-state index in [1.807, 2.05) is 6.92 Å². The van der Waals surface area contributed by atoms with E-state index in [1.165, 1.54) is 12.1 Å². The average Bonchev–Trinajstić information content (AvgIpc) is 3.07. The van der Waals surface area contributed by atoms with Crippen LogP contribution in [0.3, 0.4) is 0 Å². The summed E-state index contributed by atoms with van der Waals surface area (Å²) in [6.45, 7) is 3.48. The highest BCUT2D eigenvalue weighted by Gasteiger charge is 2.24. The quantitative estimate of drug-likeness (QED) is 0.905. The second-order valence-electron chi connectivity index (χ2n) is 5.25. The van der Waals surface area contributed by atoms with Crippen LogP contribution in [0.2, 0.25) is 0 Å². The second kappa shape index (κ2) is 5.25. The molecule has 1 unspecified atom stereocenters. The first-order valence-electron chi connectivity index (χ1n) is 6.83. The molecule has 1 aromatic carbocycles. The van der Waals surface area contributed by atoms with E-state index in [2.05, 4.69) is 10.6 Å². The van der Waals surface area contributed by atoms with Gasteiger partial charge in [0.15, 0.2) is 0 Å². The van der Waals surface area contributed by atoms with Gasteiger partial charge in [-0.3, -0.25) is 4.79 Å². The predicted molar refractivity (Wildman–Crippen MR) is 73.7 cm³/mol. The summed E-state index contributed by atoms with van der Waals surface area (Å²) in [6, 6.07) is 5.94. The van der Waals surface area contributed by atoms with Crippen LogP contribution in [0.25, 0.3) is 11.0 Å². The molecule has 3 rings (SSSR count). The monoisotopic (exact) mass is 276 g/mol. The average molecular weight is 276 g/mol. The molecule has 0 spiro atoms. The first-order valence-corrected chi connectivity index (χ1v) is 6.83. The summed E-state index contributed by atoms with van der Waals surface area (Å²) in [5.74, 6) is 0.414. The minimum Gasteiger partial charge on any atom is -0.459 e. The van der Waals surface area contributed by atoms with E-state index < -0.39 is 0 Å². The minimum atomic E-state index is -0.293. The molecule has 1 aliphatic rings. The van der Waals surface area contributed by atoms with Gasteiger partial charge in [0.1, 0.15) is 17.2 Å². The molecule has 106 valence electrons. The lowest BCUT2D eigenvalue weighted by atomic mass is 10.1. The Morgan fingerprint density at radius 1 is 1.50 bits per heavy atom. The molecule has 2 atom stereocenters. The Labute approximate surface area is 116 Å². The van der Waals surface area contributed by atoms with Crippen LogP contribution in [-0.2, 0) is 4.79 Å². The fourth-order valence-electron chi connectivity index (χ4n) is 2.53. The zero-order valence-corrected chi connectivity index (χ0v) is 11.3. The van der Waals surface area contributed by atoms with Gasteiger partial charge in [0.2, 0.25) is 5.91 Å². The number of hydrogen-bond acceptors (Lipinski definition) is 3. The van der Waals surface area contributed by atoms with E-state index in [9.17, 15) is 9.18 Å². The summed E-state index contributed by atoms with van der Waals surface area (Å²) < 4.78 is 18.8. The molecule has 0 saturated carbocycles. The topological polar surface area (TPSA) is 54.3 Å². The Kier molecular flexibility index (Phi) is 3.44. The first-order chi connectivity index (χ1) is 9.63. The van der Waals surface area contributed by atoms with Crippen molar-refractivity contribution in [3.8, 4) is 0 Å². The van der Waals surface area contributed by atoms with Crippen LogP contribution < -0.4 is 10.6 Å². The van der Waals surface area contributed by atoms with Crippen LogP contribution in [-0.4, -0.2) is 19.0 Å². The van der Waals surface area contributed by atoms with Crippen molar-refractivity contribution in [1.82, 2.24) is 10.6 Å². The molecule has 1 saturated heterocycles. The Bertz CT molecular complexity index is 632. The van der Waals surface area contributed by atoms with E-state index in [0.29, 0.717) is 16.7 Å². The van der Waals surface area contributed by atoms with E-state index >= 15 is 0 Å². The standard InChI is InChI=1S/C15H17FN2O2/c1-9(18-15(19)10-4-5-17-8-10)14-7-11-6-12(16)2-3-13(11)20-14/h2-3,6-7,9-10,17H,4-5,8H2,1H3,(H,18,19)/t9?,10-/m1/s1. The van der Waals surface area contributed by atoms with E-state index in [-0.39, 0.29) is 23.7 Å². The molecule has 0 bridgehead atoms. The van der Waals surface area contributed by atoms with Gasteiger partial charge in [0.05, 0.1) is 12.0 Å². The van der Waals surface area contributed by atoms with Crippen molar-refractivity contribution in [2.24, 2.45) is 5.92 Å². The molecule has 20 heavy (non-hydrogen) atoms. The Morgan fingerprint density at radius 2 is 2.35 bits per heavy atom. The molecule has 5 heteroatoms. The number of carbonyl (C=O) groups is 1. The lowest BCUT2D eigenvalue weighted by molar-refractivity contribution is -0.125. The second-order valence-corrected chi connectivity index (χ2v) is 5.25. The van der Waals surface area contributed by atoms with Crippen molar-refractivity contribution in [3.05, 3.63) is 35.8 Å². The van der Waals surface area contributed by atoms with Gasteiger partial charge in [-0.1, -0.05) is 0 Å². The maximum Gasteiger partial charge on any atom is 0.225 e. The van der Waals surface area contributed by atoms with Crippen LogP contribution in [0, 0.1) is 11.7 Å². The summed E-state index contributed by atoms with van der Waals surface area (Å²) >= 11 is 0. The summed E-state index contributed by atoms with van der Waals surface area (Å²) in [7, 11) is 0. The van der Waals surface area contributed by atoms with E-state index in [1.54, 1.807) is 12.1 Å². The molecule has 1 fully saturated rings. The number of fused-ring (bicyclic) bond motifs is 1. The predicted octanol–water partition coefficient (Wildman–Crippen LogP) is 2.36. The van der Waals surface area contributed by atoms with Gasteiger partial charge in [-0.2, -0.15) is 0 Å². The van der Waals surface area contributed by atoms with Crippen molar-refractivity contribution in [3.63, 3.8) is 0 Å². The van der Waals surface area contributed by atoms with Gasteiger partial charge in [-0.15, -0.1) is 0 Å². The van der Waals surface area contributed by atoms with Crippen LogP contribution in [0.5, 0.6) is 0 Å².